The van der Waals surface area contributed by atoms with Crippen LogP contribution in [0.2, 0.25) is 0 Å². The fraction of sp³-hybridized carbons (Fsp3) is 0.909. The van der Waals surface area contributed by atoms with Crippen LogP contribution in [0.15, 0.2) is 0 Å². The van der Waals surface area contributed by atoms with Gasteiger partial charge in [0.15, 0.2) is 0 Å². The molecule has 1 fully saturated rings. The minimum absolute atomic E-state index is 0.161. The molecule has 0 aromatic heterocycles. The highest BCUT2D eigenvalue weighted by atomic mass is 32.2. The van der Waals surface area contributed by atoms with Gasteiger partial charge in [-0.2, -0.15) is 0 Å². The van der Waals surface area contributed by atoms with E-state index in [1.807, 2.05) is 6.92 Å². The normalized spacial score (nSPS) is 20.1. The minimum atomic E-state index is -3.26. The van der Waals surface area contributed by atoms with Crippen LogP contribution in [-0.2, 0) is 10.0 Å². The molecule has 4 nitrogen and oxygen atoms in total. The molecule has 0 amide bonds. The van der Waals surface area contributed by atoms with Gasteiger partial charge >= 0.3 is 0 Å². The zero-order valence-electron chi connectivity index (χ0n) is 10.4. The first-order chi connectivity index (χ1) is 7.92. The minimum Gasteiger partial charge on any atom is -0.392 e. The molecule has 1 saturated carbocycles. The van der Waals surface area contributed by atoms with Crippen LogP contribution < -0.4 is 10.5 Å². The Balaban J connectivity index is 2.76. The maximum Gasteiger partial charge on any atom is 0.212 e. The van der Waals surface area contributed by atoms with Crippen molar-refractivity contribution in [3.05, 3.63) is 0 Å². The monoisotopic (exact) mass is 278 g/mol. The van der Waals surface area contributed by atoms with Gasteiger partial charge in [-0.1, -0.05) is 44.8 Å². The Morgan fingerprint density at radius 2 is 1.94 bits per heavy atom. The van der Waals surface area contributed by atoms with Gasteiger partial charge < -0.3 is 5.73 Å². The number of unbranched alkanes of at least 4 members (excludes halogenated alkanes) is 1. The van der Waals surface area contributed by atoms with Crippen molar-refractivity contribution >= 4 is 27.2 Å². The van der Waals surface area contributed by atoms with E-state index in [1.165, 1.54) is 0 Å². The molecule has 0 aliphatic heterocycles. The first-order valence-corrected chi connectivity index (χ1v) is 8.29. The van der Waals surface area contributed by atoms with Crippen molar-refractivity contribution in [1.29, 1.82) is 0 Å². The lowest BCUT2D eigenvalue weighted by Crippen LogP contribution is -2.57. The zero-order chi connectivity index (χ0) is 12.9. The third kappa shape index (κ3) is 4.19. The van der Waals surface area contributed by atoms with Gasteiger partial charge in [0.1, 0.15) is 0 Å². The summed E-state index contributed by atoms with van der Waals surface area (Å²) in [6.45, 7) is 1.97. The van der Waals surface area contributed by atoms with Crippen LogP contribution in [0.1, 0.15) is 51.9 Å². The predicted octanol–water partition coefficient (Wildman–Crippen LogP) is 1.69. The quantitative estimate of drug-likeness (QED) is 0.725. The van der Waals surface area contributed by atoms with Gasteiger partial charge in [-0.3, -0.25) is 0 Å². The molecule has 6 heteroatoms. The molecular formula is C11H22N2O2S2. The van der Waals surface area contributed by atoms with E-state index in [1.54, 1.807) is 0 Å². The topological polar surface area (TPSA) is 72.2 Å². The zero-order valence-corrected chi connectivity index (χ0v) is 12.0. The van der Waals surface area contributed by atoms with Crippen molar-refractivity contribution < 1.29 is 8.42 Å². The van der Waals surface area contributed by atoms with Gasteiger partial charge in [-0.25, -0.2) is 13.1 Å². The maximum atomic E-state index is 11.9. The summed E-state index contributed by atoms with van der Waals surface area (Å²) in [6.07, 6.45) is 6.08. The van der Waals surface area contributed by atoms with Gasteiger partial charge in [-0.05, 0) is 19.3 Å². The average molecular weight is 278 g/mol. The van der Waals surface area contributed by atoms with Crippen LogP contribution in [0.4, 0.5) is 0 Å². The first kappa shape index (κ1) is 14.9. The van der Waals surface area contributed by atoms with Crippen molar-refractivity contribution in [2.24, 2.45) is 5.73 Å². The molecule has 1 rings (SSSR count). The highest BCUT2D eigenvalue weighted by Gasteiger charge is 2.38. The molecule has 0 atom stereocenters. The Morgan fingerprint density at radius 3 is 2.41 bits per heavy atom. The molecule has 0 unspecified atom stereocenters. The fourth-order valence-corrected chi connectivity index (χ4v) is 4.24. The lowest BCUT2D eigenvalue weighted by molar-refractivity contribution is 0.353. The van der Waals surface area contributed by atoms with Crippen molar-refractivity contribution in [2.75, 3.05) is 5.75 Å². The number of thiocarbonyl (C=S) groups is 1. The van der Waals surface area contributed by atoms with E-state index in [0.717, 1.165) is 38.5 Å². The van der Waals surface area contributed by atoms with E-state index in [0.29, 0.717) is 6.42 Å². The smallest absolute Gasteiger partial charge is 0.212 e. The summed E-state index contributed by atoms with van der Waals surface area (Å²) in [5.41, 5.74) is 5.08. The van der Waals surface area contributed by atoms with E-state index < -0.39 is 15.6 Å². The van der Waals surface area contributed by atoms with Crippen LogP contribution in [0, 0.1) is 0 Å². The van der Waals surface area contributed by atoms with Gasteiger partial charge in [0.05, 0.1) is 16.3 Å². The Morgan fingerprint density at radius 1 is 1.35 bits per heavy atom. The molecule has 1 aliphatic carbocycles. The standard InChI is InChI=1S/C11H22N2O2S2/c1-2-3-9-17(14,15)13-11(10(12)16)7-5-4-6-8-11/h13H,2-9H2,1H3,(H2,12,16). The Kier molecular flexibility index (Phi) is 5.34. The number of sulfonamides is 1. The highest BCUT2D eigenvalue weighted by molar-refractivity contribution is 7.89. The van der Waals surface area contributed by atoms with Gasteiger partial charge in [-0.15, -0.1) is 0 Å². The molecule has 0 spiro atoms. The Bertz CT molecular complexity index is 360. The van der Waals surface area contributed by atoms with E-state index in [2.05, 4.69) is 4.72 Å². The van der Waals surface area contributed by atoms with Crippen LogP contribution in [0.3, 0.4) is 0 Å². The number of nitrogens with two attached hydrogens (primary N) is 1. The summed E-state index contributed by atoms with van der Waals surface area (Å²) in [5.74, 6) is 0.161. The van der Waals surface area contributed by atoms with Crippen LogP contribution in [0.5, 0.6) is 0 Å². The molecule has 100 valence electrons. The molecule has 3 N–H and O–H groups in total. The second-order valence-corrected chi connectivity index (χ2v) is 7.06. The van der Waals surface area contributed by atoms with Crippen molar-refractivity contribution in [2.45, 2.75) is 57.4 Å². The summed E-state index contributed by atoms with van der Waals surface area (Å²) in [7, 11) is -3.26. The van der Waals surface area contributed by atoms with E-state index in [-0.39, 0.29) is 10.7 Å². The SMILES string of the molecule is CCCCS(=O)(=O)NC1(C(N)=S)CCCCC1. The maximum absolute atomic E-state index is 11.9. The second kappa shape index (κ2) is 6.11. The second-order valence-electron chi connectivity index (χ2n) is 4.78. The van der Waals surface area contributed by atoms with Gasteiger partial charge in [0.25, 0.3) is 0 Å². The molecule has 0 radical (unpaired) electrons. The molecule has 0 aromatic rings. The van der Waals surface area contributed by atoms with E-state index in [9.17, 15) is 8.42 Å². The van der Waals surface area contributed by atoms with Crippen molar-refractivity contribution in [3.8, 4) is 0 Å². The molecule has 17 heavy (non-hydrogen) atoms. The number of rotatable bonds is 6. The van der Waals surface area contributed by atoms with Crippen LogP contribution >= 0.6 is 12.2 Å². The number of hydrogen-bond acceptors (Lipinski definition) is 3. The van der Waals surface area contributed by atoms with Gasteiger partial charge in [0.2, 0.25) is 10.0 Å². The van der Waals surface area contributed by atoms with Crippen LogP contribution in [0.25, 0.3) is 0 Å². The molecule has 0 heterocycles. The third-order valence-corrected chi connectivity index (χ3v) is 5.21. The van der Waals surface area contributed by atoms with Gasteiger partial charge in [0, 0.05) is 0 Å². The number of nitrogens with one attached hydrogen (secondary N) is 1. The largest absolute Gasteiger partial charge is 0.392 e. The van der Waals surface area contributed by atoms with Crippen molar-refractivity contribution in [1.82, 2.24) is 4.72 Å². The highest BCUT2D eigenvalue weighted by Crippen LogP contribution is 2.29. The summed E-state index contributed by atoms with van der Waals surface area (Å²) >= 11 is 5.06. The Labute approximate surface area is 109 Å². The average Bonchev–Trinajstić information content (AvgIpc) is 2.27. The predicted molar refractivity (Wildman–Crippen MR) is 74.4 cm³/mol. The lowest BCUT2D eigenvalue weighted by Gasteiger charge is -2.36. The lowest BCUT2D eigenvalue weighted by atomic mass is 9.82. The summed E-state index contributed by atoms with van der Waals surface area (Å²) in [4.78, 5) is 0.289. The number of hydrogen-bond donors (Lipinski definition) is 2. The molecule has 0 aromatic carbocycles. The third-order valence-electron chi connectivity index (χ3n) is 3.30. The van der Waals surface area contributed by atoms with E-state index in [4.69, 9.17) is 18.0 Å². The van der Waals surface area contributed by atoms with Crippen molar-refractivity contribution in [3.63, 3.8) is 0 Å². The molecular weight excluding hydrogens is 256 g/mol. The van der Waals surface area contributed by atoms with Crippen LogP contribution in [-0.4, -0.2) is 24.7 Å². The van der Waals surface area contributed by atoms with E-state index >= 15 is 0 Å². The summed E-state index contributed by atoms with van der Waals surface area (Å²) < 4.78 is 26.6. The molecule has 0 bridgehead atoms. The molecule has 0 saturated heterocycles. The molecule has 1 aliphatic rings. The summed E-state index contributed by atoms with van der Waals surface area (Å²) in [6, 6.07) is 0. The summed E-state index contributed by atoms with van der Waals surface area (Å²) in [5, 5.41) is 0. The fourth-order valence-electron chi connectivity index (χ4n) is 2.24. The first-order valence-electron chi connectivity index (χ1n) is 6.23. The Hall–Kier alpha value is -0.200.